The average molecular weight is 369 g/mol. The lowest BCUT2D eigenvalue weighted by atomic mass is 10.1. The predicted octanol–water partition coefficient (Wildman–Crippen LogP) is 3.39. The molecule has 0 saturated heterocycles. The molecule has 27 heavy (non-hydrogen) atoms. The van der Waals surface area contributed by atoms with Crippen molar-refractivity contribution in [3.8, 4) is 5.75 Å². The van der Waals surface area contributed by atoms with Crippen LogP contribution in [-0.4, -0.2) is 33.6 Å². The van der Waals surface area contributed by atoms with Crippen LogP contribution in [0.2, 0.25) is 0 Å². The van der Waals surface area contributed by atoms with E-state index in [1.165, 1.54) is 19.4 Å². The molecular formula is C20H16FNO5. The van der Waals surface area contributed by atoms with Crippen molar-refractivity contribution in [3.05, 3.63) is 71.7 Å². The molecule has 2 N–H and O–H groups in total. The number of aliphatic hydroxyl groups is 1. The van der Waals surface area contributed by atoms with Gasteiger partial charge in [-0.1, -0.05) is 24.3 Å². The molecule has 2 aromatic carbocycles. The van der Waals surface area contributed by atoms with Crippen molar-refractivity contribution in [1.82, 2.24) is 4.57 Å². The first kappa shape index (κ1) is 18.2. The zero-order valence-corrected chi connectivity index (χ0v) is 14.3. The third kappa shape index (κ3) is 3.52. The van der Waals surface area contributed by atoms with Gasteiger partial charge in [0.1, 0.15) is 17.3 Å². The van der Waals surface area contributed by atoms with E-state index in [2.05, 4.69) is 0 Å². The number of carboxylic acid groups (broad SMARTS) is 1. The van der Waals surface area contributed by atoms with Gasteiger partial charge >= 0.3 is 5.97 Å². The molecule has 1 heterocycles. The normalized spacial score (nSPS) is 11.6. The molecule has 6 nitrogen and oxygen atoms in total. The van der Waals surface area contributed by atoms with Gasteiger partial charge in [-0.3, -0.25) is 4.79 Å². The molecule has 0 saturated carbocycles. The predicted molar refractivity (Wildman–Crippen MR) is 97.2 cm³/mol. The fourth-order valence-electron chi connectivity index (χ4n) is 2.89. The molecule has 0 bridgehead atoms. The summed E-state index contributed by atoms with van der Waals surface area (Å²) in [5, 5.41) is 19.6. The number of ether oxygens (including phenoxy) is 1. The third-order valence-electron chi connectivity index (χ3n) is 4.14. The number of carbonyl (C=O) groups is 2. The van der Waals surface area contributed by atoms with E-state index in [0.717, 1.165) is 0 Å². The summed E-state index contributed by atoms with van der Waals surface area (Å²) in [5.74, 6) is -3.38. The summed E-state index contributed by atoms with van der Waals surface area (Å²) < 4.78 is 21.1. The lowest BCUT2D eigenvalue weighted by Gasteiger charge is -2.07. The highest BCUT2D eigenvalue weighted by Gasteiger charge is 2.19. The molecule has 0 amide bonds. The van der Waals surface area contributed by atoms with Crippen LogP contribution in [0.5, 0.6) is 5.75 Å². The number of rotatable bonds is 6. The number of hydrogen-bond donors (Lipinski definition) is 2. The number of ketones is 1. The summed E-state index contributed by atoms with van der Waals surface area (Å²) in [6.07, 6.45) is 2.16. The molecule has 0 spiro atoms. The Bertz CT molecular complexity index is 1070. The van der Waals surface area contributed by atoms with E-state index < -0.39 is 17.5 Å². The quantitative estimate of drug-likeness (QED) is 0.395. The summed E-state index contributed by atoms with van der Waals surface area (Å²) in [6.45, 7) is 0.177. The van der Waals surface area contributed by atoms with Gasteiger partial charge in [-0.2, -0.15) is 0 Å². The summed E-state index contributed by atoms with van der Waals surface area (Å²) in [7, 11) is 1.45. The Hall–Kier alpha value is -3.61. The smallest absolute Gasteiger partial charge is 0.376 e. The number of halogens is 1. The molecule has 1 aromatic heterocycles. The maximum absolute atomic E-state index is 14.0. The van der Waals surface area contributed by atoms with Gasteiger partial charge in [0.15, 0.2) is 0 Å². The fourth-order valence-corrected chi connectivity index (χ4v) is 2.89. The zero-order chi connectivity index (χ0) is 19.6. The van der Waals surface area contributed by atoms with Gasteiger partial charge in [0.05, 0.1) is 24.6 Å². The summed E-state index contributed by atoms with van der Waals surface area (Å²) >= 11 is 0. The van der Waals surface area contributed by atoms with E-state index in [0.29, 0.717) is 28.3 Å². The van der Waals surface area contributed by atoms with Crippen molar-refractivity contribution < 1.29 is 28.9 Å². The second kappa shape index (κ2) is 7.33. The molecule has 0 unspecified atom stereocenters. The highest BCUT2D eigenvalue weighted by molar-refractivity contribution is 6.38. The lowest BCUT2D eigenvalue weighted by Crippen LogP contribution is -2.09. The van der Waals surface area contributed by atoms with Crippen LogP contribution >= 0.6 is 0 Å². The van der Waals surface area contributed by atoms with Gasteiger partial charge < -0.3 is 19.5 Å². The van der Waals surface area contributed by atoms with Crippen LogP contribution in [0.4, 0.5) is 4.39 Å². The molecular weight excluding hydrogens is 353 g/mol. The summed E-state index contributed by atoms with van der Waals surface area (Å²) in [5.41, 5.74) is 1.29. The molecule has 0 aliphatic rings. The van der Waals surface area contributed by atoms with E-state index in [-0.39, 0.29) is 17.9 Å². The second-order valence-electron chi connectivity index (χ2n) is 5.82. The maximum atomic E-state index is 14.0. The van der Waals surface area contributed by atoms with Crippen LogP contribution in [0, 0.1) is 5.82 Å². The van der Waals surface area contributed by atoms with E-state index in [9.17, 15) is 19.1 Å². The van der Waals surface area contributed by atoms with Crippen molar-refractivity contribution >= 4 is 28.4 Å². The van der Waals surface area contributed by atoms with Gasteiger partial charge in [-0.15, -0.1) is 0 Å². The minimum Gasteiger partial charge on any atom is -0.507 e. The van der Waals surface area contributed by atoms with E-state index in [1.807, 2.05) is 0 Å². The largest absolute Gasteiger partial charge is 0.507 e. The topological polar surface area (TPSA) is 88.8 Å². The number of aliphatic hydroxyl groups excluding tert-OH is 1. The van der Waals surface area contributed by atoms with E-state index in [1.54, 1.807) is 41.0 Å². The number of carbonyl (C=O) groups excluding carboxylic acids is 1. The zero-order valence-electron chi connectivity index (χ0n) is 14.3. The van der Waals surface area contributed by atoms with Crippen LogP contribution in [0.25, 0.3) is 16.7 Å². The number of aromatic nitrogens is 1. The van der Waals surface area contributed by atoms with Gasteiger partial charge in [-0.25, -0.2) is 9.18 Å². The Morgan fingerprint density at radius 3 is 2.56 bits per heavy atom. The summed E-state index contributed by atoms with van der Waals surface area (Å²) in [6, 6.07) is 11.5. The first-order valence-corrected chi connectivity index (χ1v) is 8.00. The van der Waals surface area contributed by atoms with E-state index in [4.69, 9.17) is 9.84 Å². The van der Waals surface area contributed by atoms with Crippen molar-refractivity contribution in [2.24, 2.45) is 0 Å². The van der Waals surface area contributed by atoms with Gasteiger partial charge in [0.25, 0.3) is 5.78 Å². The Balaban J connectivity index is 2.18. The number of carboxylic acids is 1. The van der Waals surface area contributed by atoms with Crippen LogP contribution in [0.1, 0.15) is 11.1 Å². The number of fused-ring (bicyclic) bond motifs is 1. The SMILES string of the molecule is COc1cccc2c1c(C(O)=CC(=O)C(=O)O)cn2Cc1ccccc1F. The Morgan fingerprint density at radius 1 is 1.15 bits per heavy atom. The highest BCUT2D eigenvalue weighted by atomic mass is 19.1. The Labute approximate surface area is 153 Å². The fraction of sp³-hybridized carbons (Fsp3) is 0.100. The molecule has 3 rings (SSSR count). The minimum absolute atomic E-state index is 0.177. The van der Waals surface area contributed by atoms with Gasteiger partial charge in [-0.05, 0) is 18.2 Å². The number of benzene rings is 2. The third-order valence-corrected chi connectivity index (χ3v) is 4.14. The van der Waals surface area contributed by atoms with Crippen LogP contribution in [-0.2, 0) is 16.1 Å². The first-order valence-electron chi connectivity index (χ1n) is 8.00. The molecule has 0 fully saturated rings. The maximum Gasteiger partial charge on any atom is 0.376 e. The van der Waals surface area contributed by atoms with Gasteiger partial charge in [0.2, 0.25) is 0 Å². The lowest BCUT2D eigenvalue weighted by molar-refractivity contribution is -0.146. The molecule has 138 valence electrons. The van der Waals surface area contributed by atoms with Crippen molar-refractivity contribution in [1.29, 1.82) is 0 Å². The monoisotopic (exact) mass is 369 g/mol. The van der Waals surface area contributed by atoms with Crippen LogP contribution in [0.3, 0.4) is 0 Å². The Morgan fingerprint density at radius 2 is 1.89 bits per heavy atom. The molecule has 7 heteroatoms. The molecule has 0 radical (unpaired) electrons. The highest BCUT2D eigenvalue weighted by Crippen LogP contribution is 2.34. The van der Waals surface area contributed by atoms with E-state index >= 15 is 0 Å². The number of hydrogen-bond acceptors (Lipinski definition) is 4. The first-order chi connectivity index (χ1) is 12.9. The number of nitrogens with zero attached hydrogens (tertiary/aromatic N) is 1. The van der Waals surface area contributed by atoms with Crippen LogP contribution < -0.4 is 4.74 Å². The number of aliphatic carboxylic acids is 1. The minimum atomic E-state index is -1.68. The second-order valence-corrected chi connectivity index (χ2v) is 5.82. The van der Waals surface area contributed by atoms with Crippen molar-refractivity contribution in [3.63, 3.8) is 0 Å². The standard InChI is InChI=1S/C20H16FNO5/c1-27-18-8-4-7-15-19(18)13(16(23)9-17(24)20(25)26)11-22(15)10-12-5-2-3-6-14(12)21/h2-9,11,23H,10H2,1H3,(H,25,26). The molecule has 0 atom stereocenters. The number of methoxy groups -OCH3 is 1. The Kier molecular flexibility index (Phi) is 4.94. The van der Waals surface area contributed by atoms with Crippen molar-refractivity contribution in [2.75, 3.05) is 7.11 Å². The van der Waals surface area contributed by atoms with Crippen LogP contribution in [0.15, 0.2) is 54.7 Å². The van der Waals surface area contributed by atoms with Crippen molar-refractivity contribution in [2.45, 2.75) is 6.54 Å². The average Bonchev–Trinajstić information content (AvgIpc) is 3.02. The summed E-state index contributed by atoms with van der Waals surface area (Å²) in [4.78, 5) is 22.2. The van der Waals surface area contributed by atoms with Gasteiger partial charge in [0, 0.05) is 23.4 Å². The molecule has 0 aliphatic carbocycles. The molecule has 0 aliphatic heterocycles. The molecule has 3 aromatic rings.